The van der Waals surface area contributed by atoms with E-state index in [-0.39, 0.29) is 12.2 Å². The van der Waals surface area contributed by atoms with Crippen molar-refractivity contribution in [1.82, 2.24) is 9.97 Å². The van der Waals surface area contributed by atoms with Crippen LogP contribution in [0.15, 0.2) is 60.8 Å². The molecule has 0 fully saturated rings. The van der Waals surface area contributed by atoms with Gasteiger partial charge in [0.25, 0.3) is 0 Å². The van der Waals surface area contributed by atoms with Gasteiger partial charge in [-0.15, -0.1) is 0 Å². The van der Waals surface area contributed by atoms with Gasteiger partial charge in [-0.25, -0.2) is 4.98 Å². The van der Waals surface area contributed by atoms with Crippen molar-refractivity contribution in [3.8, 4) is 0 Å². The lowest BCUT2D eigenvalue weighted by Crippen LogP contribution is -2.07. The van der Waals surface area contributed by atoms with Gasteiger partial charge in [-0.2, -0.15) is 0 Å². The summed E-state index contributed by atoms with van der Waals surface area (Å²) in [5.41, 5.74) is 2.10. The minimum absolute atomic E-state index is 0.00977. The van der Waals surface area contributed by atoms with E-state index in [9.17, 15) is 4.79 Å². The number of hydrogen-bond acceptors (Lipinski definition) is 3. The molecule has 2 heterocycles. The maximum Gasteiger partial charge on any atom is 0.187 e. The lowest BCUT2D eigenvalue weighted by Gasteiger charge is -2.02. The van der Waals surface area contributed by atoms with Crippen molar-refractivity contribution in [1.29, 1.82) is 0 Å². The molecule has 2 aromatic heterocycles. The molecular weight excluding hydrogens is 236 g/mol. The number of carbonyl (C=O) groups is 1. The highest BCUT2D eigenvalue weighted by atomic mass is 16.1. The SMILES string of the molecule is O=C(Cc1ccccn1)c1ccc2ccccc2n1. The smallest absolute Gasteiger partial charge is 0.187 e. The number of hydrogen-bond donors (Lipinski definition) is 0. The summed E-state index contributed by atoms with van der Waals surface area (Å²) in [6, 6.07) is 17.0. The van der Waals surface area contributed by atoms with E-state index in [4.69, 9.17) is 0 Å². The topological polar surface area (TPSA) is 42.9 Å². The van der Waals surface area contributed by atoms with Crippen LogP contribution in [0.25, 0.3) is 10.9 Å². The van der Waals surface area contributed by atoms with Crippen LogP contribution in [-0.4, -0.2) is 15.8 Å². The number of rotatable bonds is 3. The van der Waals surface area contributed by atoms with E-state index in [2.05, 4.69) is 9.97 Å². The number of benzene rings is 1. The molecular formula is C16H12N2O. The summed E-state index contributed by atoms with van der Waals surface area (Å²) < 4.78 is 0. The molecule has 19 heavy (non-hydrogen) atoms. The van der Waals surface area contributed by atoms with Gasteiger partial charge in [0.05, 0.1) is 11.9 Å². The molecule has 0 bridgehead atoms. The molecule has 0 aliphatic heterocycles. The third-order valence-electron chi connectivity index (χ3n) is 2.95. The summed E-state index contributed by atoms with van der Waals surface area (Å²) in [7, 11) is 0. The molecule has 0 saturated carbocycles. The Bertz CT molecular complexity index is 723. The van der Waals surface area contributed by atoms with E-state index in [0.717, 1.165) is 16.6 Å². The van der Waals surface area contributed by atoms with Crippen molar-refractivity contribution in [2.75, 3.05) is 0 Å². The highest BCUT2D eigenvalue weighted by molar-refractivity contribution is 5.97. The molecule has 3 rings (SSSR count). The van der Waals surface area contributed by atoms with E-state index in [1.807, 2.05) is 48.5 Å². The van der Waals surface area contributed by atoms with Gasteiger partial charge in [0.2, 0.25) is 0 Å². The van der Waals surface area contributed by atoms with E-state index in [1.165, 1.54) is 0 Å². The second-order valence-electron chi connectivity index (χ2n) is 4.31. The molecule has 3 heteroatoms. The standard InChI is InChI=1S/C16H12N2O/c19-16(11-13-6-3-4-10-17-13)15-9-8-12-5-1-2-7-14(12)18-15/h1-10H,11H2. The Morgan fingerprint density at radius 2 is 1.79 bits per heavy atom. The Kier molecular flexibility index (Phi) is 3.02. The maximum atomic E-state index is 12.2. The van der Waals surface area contributed by atoms with Crippen molar-refractivity contribution in [3.63, 3.8) is 0 Å². The minimum Gasteiger partial charge on any atom is -0.292 e. The molecule has 0 atom stereocenters. The first-order chi connectivity index (χ1) is 9.33. The minimum atomic E-state index is -0.00977. The van der Waals surface area contributed by atoms with Crippen LogP contribution in [0.3, 0.4) is 0 Å². The summed E-state index contributed by atoms with van der Waals surface area (Å²) in [5, 5.41) is 1.04. The van der Waals surface area contributed by atoms with Crippen LogP contribution in [0.4, 0.5) is 0 Å². The van der Waals surface area contributed by atoms with Crippen LogP contribution in [0.2, 0.25) is 0 Å². The molecule has 3 nitrogen and oxygen atoms in total. The van der Waals surface area contributed by atoms with Crippen LogP contribution in [0.1, 0.15) is 16.2 Å². The number of Topliss-reactive ketones (excluding diaryl/α,β-unsaturated/α-hetero) is 1. The average Bonchev–Trinajstić information content (AvgIpc) is 2.48. The predicted molar refractivity (Wildman–Crippen MR) is 74.0 cm³/mol. The van der Waals surface area contributed by atoms with Gasteiger partial charge >= 0.3 is 0 Å². The first kappa shape index (κ1) is 11.5. The molecule has 0 N–H and O–H groups in total. The highest BCUT2D eigenvalue weighted by Gasteiger charge is 2.09. The zero-order valence-electron chi connectivity index (χ0n) is 10.3. The molecule has 0 amide bonds. The molecule has 0 spiro atoms. The molecule has 1 aromatic carbocycles. The van der Waals surface area contributed by atoms with Gasteiger partial charge in [-0.05, 0) is 24.3 Å². The van der Waals surface area contributed by atoms with Crippen molar-refractivity contribution in [3.05, 3.63) is 72.2 Å². The van der Waals surface area contributed by atoms with E-state index in [1.54, 1.807) is 12.3 Å². The fourth-order valence-electron chi connectivity index (χ4n) is 1.98. The number of para-hydroxylation sites is 1. The van der Waals surface area contributed by atoms with E-state index >= 15 is 0 Å². The molecule has 0 unspecified atom stereocenters. The maximum absolute atomic E-state index is 12.2. The number of carbonyl (C=O) groups excluding carboxylic acids is 1. The van der Waals surface area contributed by atoms with Crippen LogP contribution < -0.4 is 0 Å². The van der Waals surface area contributed by atoms with E-state index < -0.39 is 0 Å². The first-order valence-corrected chi connectivity index (χ1v) is 6.12. The molecule has 0 aliphatic rings. The molecule has 0 aliphatic carbocycles. The summed E-state index contributed by atoms with van der Waals surface area (Å²) in [4.78, 5) is 20.7. The Hall–Kier alpha value is -2.55. The van der Waals surface area contributed by atoms with Crippen molar-refractivity contribution in [2.45, 2.75) is 6.42 Å². The number of aromatic nitrogens is 2. The van der Waals surface area contributed by atoms with Gasteiger partial charge in [-0.3, -0.25) is 9.78 Å². The first-order valence-electron chi connectivity index (χ1n) is 6.12. The van der Waals surface area contributed by atoms with Crippen molar-refractivity contribution >= 4 is 16.7 Å². The van der Waals surface area contributed by atoms with Crippen LogP contribution in [0, 0.1) is 0 Å². The fourth-order valence-corrected chi connectivity index (χ4v) is 1.98. The largest absolute Gasteiger partial charge is 0.292 e. The van der Waals surface area contributed by atoms with Crippen LogP contribution >= 0.6 is 0 Å². The summed E-state index contributed by atoms with van der Waals surface area (Å²) >= 11 is 0. The second-order valence-corrected chi connectivity index (χ2v) is 4.31. The van der Waals surface area contributed by atoms with Crippen LogP contribution in [-0.2, 0) is 6.42 Å². The Morgan fingerprint density at radius 3 is 2.63 bits per heavy atom. The van der Waals surface area contributed by atoms with Crippen molar-refractivity contribution in [2.24, 2.45) is 0 Å². The Morgan fingerprint density at radius 1 is 0.947 bits per heavy atom. The zero-order valence-corrected chi connectivity index (χ0v) is 10.3. The second kappa shape index (κ2) is 4.98. The number of pyridine rings is 2. The quantitative estimate of drug-likeness (QED) is 0.669. The third-order valence-corrected chi connectivity index (χ3v) is 2.95. The molecule has 0 saturated heterocycles. The number of nitrogens with zero attached hydrogens (tertiary/aromatic N) is 2. The van der Waals surface area contributed by atoms with Gasteiger partial charge in [0.1, 0.15) is 5.69 Å². The monoisotopic (exact) mass is 248 g/mol. The lowest BCUT2D eigenvalue weighted by atomic mass is 10.1. The Labute approximate surface area is 111 Å². The molecule has 3 aromatic rings. The molecule has 0 radical (unpaired) electrons. The zero-order chi connectivity index (χ0) is 13.1. The Balaban J connectivity index is 1.89. The van der Waals surface area contributed by atoms with E-state index in [0.29, 0.717) is 5.69 Å². The summed E-state index contributed by atoms with van der Waals surface area (Å²) in [5.74, 6) is -0.00977. The normalized spacial score (nSPS) is 10.5. The van der Waals surface area contributed by atoms with Gasteiger partial charge in [-0.1, -0.05) is 30.3 Å². The lowest BCUT2D eigenvalue weighted by molar-refractivity contribution is 0.0987. The predicted octanol–water partition coefficient (Wildman–Crippen LogP) is 3.06. The third kappa shape index (κ3) is 2.50. The van der Waals surface area contributed by atoms with Crippen molar-refractivity contribution < 1.29 is 4.79 Å². The summed E-state index contributed by atoms with van der Waals surface area (Å²) in [6.45, 7) is 0. The number of ketones is 1. The van der Waals surface area contributed by atoms with Gasteiger partial charge in [0, 0.05) is 17.3 Å². The number of fused-ring (bicyclic) bond motifs is 1. The average molecular weight is 248 g/mol. The molecule has 92 valence electrons. The fraction of sp³-hybridized carbons (Fsp3) is 0.0625. The van der Waals surface area contributed by atoms with Crippen LogP contribution in [0.5, 0.6) is 0 Å². The highest BCUT2D eigenvalue weighted by Crippen LogP contribution is 2.13. The van der Waals surface area contributed by atoms with Gasteiger partial charge < -0.3 is 0 Å². The summed E-state index contributed by atoms with van der Waals surface area (Å²) in [6.07, 6.45) is 1.97. The van der Waals surface area contributed by atoms with Gasteiger partial charge in [0.15, 0.2) is 5.78 Å².